The van der Waals surface area contributed by atoms with Crippen LogP contribution < -0.4 is 0 Å². The molecule has 2 heterocycles. The van der Waals surface area contributed by atoms with E-state index in [0.29, 0.717) is 0 Å². The van der Waals surface area contributed by atoms with Crippen LogP contribution >= 0.6 is 0 Å². The van der Waals surface area contributed by atoms with Gasteiger partial charge < -0.3 is 8.83 Å². The summed E-state index contributed by atoms with van der Waals surface area (Å²) in [5.74, 6) is 0. The van der Waals surface area contributed by atoms with Crippen LogP contribution in [-0.2, 0) is 0 Å². The van der Waals surface area contributed by atoms with Crippen LogP contribution in [0.15, 0.2) is 191 Å². The first-order chi connectivity index (χ1) is 26.8. The first kappa shape index (κ1) is 29.4. The van der Waals surface area contributed by atoms with E-state index in [2.05, 4.69) is 170 Å². The van der Waals surface area contributed by atoms with E-state index in [4.69, 9.17) is 8.83 Å². The van der Waals surface area contributed by atoms with Gasteiger partial charge in [0.15, 0.2) is 0 Å². The van der Waals surface area contributed by atoms with Crippen LogP contribution in [0.1, 0.15) is 0 Å². The van der Waals surface area contributed by atoms with Gasteiger partial charge in [-0.05, 0) is 95.7 Å². The zero-order valence-corrected chi connectivity index (χ0v) is 29.1. The molecule has 12 rings (SSSR count). The van der Waals surface area contributed by atoms with Crippen molar-refractivity contribution < 1.29 is 8.83 Å². The highest BCUT2D eigenvalue weighted by atomic mass is 16.3. The Kier molecular flexibility index (Phi) is 6.09. The van der Waals surface area contributed by atoms with Crippen molar-refractivity contribution in [2.24, 2.45) is 0 Å². The Morgan fingerprint density at radius 3 is 1.41 bits per heavy atom. The van der Waals surface area contributed by atoms with Crippen molar-refractivity contribution >= 4 is 87.0 Å². The fourth-order valence-electron chi connectivity index (χ4n) is 9.22. The summed E-state index contributed by atoms with van der Waals surface area (Å²) in [5, 5.41) is 14.3. The molecule has 0 atom stereocenters. The molecule has 0 aliphatic carbocycles. The maximum Gasteiger partial charge on any atom is 0.143 e. The molecule has 0 unspecified atom stereocenters. The Morgan fingerprint density at radius 1 is 0.259 bits per heavy atom. The molecule has 0 saturated heterocycles. The van der Waals surface area contributed by atoms with Gasteiger partial charge in [0.1, 0.15) is 22.3 Å². The smallest absolute Gasteiger partial charge is 0.143 e. The zero-order valence-electron chi connectivity index (χ0n) is 29.1. The molecule has 2 heteroatoms. The fourth-order valence-corrected chi connectivity index (χ4v) is 9.22. The number of benzene rings is 10. The van der Waals surface area contributed by atoms with Crippen molar-refractivity contribution in [3.05, 3.63) is 182 Å². The summed E-state index contributed by atoms with van der Waals surface area (Å²) in [6, 6.07) is 65.5. The monoisotopic (exact) mass is 686 g/mol. The molecule has 0 bridgehead atoms. The lowest BCUT2D eigenvalue weighted by atomic mass is 9.83. The molecule has 0 spiro atoms. The van der Waals surface area contributed by atoms with E-state index in [1.807, 2.05) is 12.1 Å². The molecule has 0 aliphatic rings. The van der Waals surface area contributed by atoms with Gasteiger partial charge in [0, 0.05) is 32.7 Å². The molecule has 54 heavy (non-hydrogen) atoms. The summed E-state index contributed by atoms with van der Waals surface area (Å²) in [4.78, 5) is 0. The summed E-state index contributed by atoms with van der Waals surface area (Å²) in [6.07, 6.45) is 0. The predicted octanol–water partition coefficient (Wildman–Crippen LogP) is 15.1. The lowest BCUT2D eigenvalue weighted by molar-refractivity contribution is 0.668. The molecule has 12 aromatic rings. The SMILES string of the molecule is c1ccc2c(c1)cc(-c1c3ccccc3c(-c3ccc(-c4cccc5oc6ccccc6c45)c4c3oc3ccccc34)c3ccccc13)c1ccccc12. The third-order valence-electron chi connectivity index (χ3n) is 11.5. The van der Waals surface area contributed by atoms with Gasteiger partial charge in [-0.25, -0.2) is 0 Å². The van der Waals surface area contributed by atoms with Crippen molar-refractivity contribution in [1.29, 1.82) is 0 Å². The maximum atomic E-state index is 6.98. The molecule has 0 aliphatic heterocycles. The largest absolute Gasteiger partial charge is 0.456 e. The molecule has 0 amide bonds. The Hall–Kier alpha value is -7.16. The Labute approximate surface area is 310 Å². The summed E-state index contributed by atoms with van der Waals surface area (Å²) in [5.41, 5.74) is 10.5. The van der Waals surface area contributed by atoms with Gasteiger partial charge in [0.2, 0.25) is 0 Å². The second-order valence-electron chi connectivity index (χ2n) is 14.3. The molecule has 0 radical (unpaired) electrons. The van der Waals surface area contributed by atoms with Gasteiger partial charge in [-0.3, -0.25) is 0 Å². The highest BCUT2D eigenvalue weighted by molar-refractivity contribution is 6.29. The van der Waals surface area contributed by atoms with Crippen LogP contribution in [-0.4, -0.2) is 0 Å². The van der Waals surface area contributed by atoms with Crippen LogP contribution in [0.4, 0.5) is 0 Å². The summed E-state index contributed by atoms with van der Waals surface area (Å²) in [7, 11) is 0. The third kappa shape index (κ3) is 4.05. The predicted molar refractivity (Wildman–Crippen MR) is 227 cm³/mol. The van der Waals surface area contributed by atoms with Gasteiger partial charge in [-0.1, -0.05) is 152 Å². The van der Waals surface area contributed by atoms with E-state index < -0.39 is 0 Å². The summed E-state index contributed by atoms with van der Waals surface area (Å²) in [6.45, 7) is 0. The molecule has 0 fully saturated rings. The van der Waals surface area contributed by atoms with Gasteiger partial charge in [0.25, 0.3) is 0 Å². The van der Waals surface area contributed by atoms with Crippen LogP contribution in [0.3, 0.4) is 0 Å². The van der Waals surface area contributed by atoms with Crippen LogP contribution in [0.5, 0.6) is 0 Å². The van der Waals surface area contributed by atoms with E-state index >= 15 is 0 Å². The van der Waals surface area contributed by atoms with Crippen molar-refractivity contribution in [1.82, 2.24) is 0 Å². The molecular weight excluding hydrogens is 657 g/mol. The van der Waals surface area contributed by atoms with Crippen molar-refractivity contribution in [2.75, 3.05) is 0 Å². The van der Waals surface area contributed by atoms with E-state index in [0.717, 1.165) is 60.6 Å². The number of furan rings is 2. The van der Waals surface area contributed by atoms with Crippen molar-refractivity contribution in [3.8, 4) is 33.4 Å². The van der Waals surface area contributed by atoms with E-state index in [9.17, 15) is 0 Å². The van der Waals surface area contributed by atoms with Gasteiger partial charge in [0.05, 0.1) is 0 Å². The van der Waals surface area contributed by atoms with Gasteiger partial charge in [-0.2, -0.15) is 0 Å². The molecule has 2 nitrogen and oxygen atoms in total. The third-order valence-corrected chi connectivity index (χ3v) is 11.5. The first-order valence-electron chi connectivity index (χ1n) is 18.5. The summed E-state index contributed by atoms with van der Waals surface area (Å²) >= 11 is 0. The number of para-hydroxylation sites is 2. The van der Waals surface area contributed by atoms with Crippen molar-refractivity contribution in [2.45, 2.75) is 0 Å². The standard InChI is InChI=1S/C52H30O2/c1-2-15-32-31(14-1)30-44(34-17-4-3-16-33(32)34)49-37-20-7-5-18-35(37)48(36-19-6-8-21-38(36)49)43-29-28-40(51-42-23-10-12-26-46(42)54-52(43)51)39-24-13-27-47-50(39)41-22-9-11-25-45(41)53-47/h1-30H. The fraction of sp³-hybridized carbons (Fsp3) is 0. The number of rotatable bonds is 3. The molecule has 2 aromatic heterocycles. The minimum absolute atomic E-state index is 0.873. The Bertz CT molecular complexity index is 3450. The second-order valence-corrected chi connectivity index (χ2v) is 14.3. The number of fused-ring (bicyclic) bond motifs is 11. The molecule has 250 valence electrons. The lowest BCUT2D eigenvalue weighted by Gasteiger charge is -2.20. The van der Waals surface area contributed by atoms with Crippen LogP contribution in [0.25, 0.3) is 120 Å². The minimum Gasteiger partial charge on any atom is -0.456 e. The highest BCUT2D eigenvalue weighted by Crippen LogP contribution is 2.50. The lowest BCUT2D eigenvalue weighted by Crippen LogP contribution is -1.93. The normalized spacial score (nSPS) is 12.1. The van der Waals surface area contributed by atoms with Crippen LogP contribution in [0, 0.1) is 0 Å². The number of hydrogen-bond donors (Lipinski definition) is 0. The average molecular weight is 687 g/mol. The van der Waals surface area contributed by atoms with Gasteiger partial charge in [-0.15, -0.1) is 0 Å². The minimum atomic E-state index is 0.873. The highest BCUT2D eigenvalue weighted by Gasteiger charge is 2.24. The number of hydrogen-bond acceptors (Lipinski definition) is 2. The average Bonchev–Trinajstić information content (AvgIpc) is 3.82. The van der Waals surface area contributed by atoms with E-state index in [-0.39, 0.29) is 0 Å². The van der Waals surface area contributed by atoms with E-state index in [1.165, 1.54) is 59.8 Å². The quantitative estimate of drug-likeness (QED) is 0.137. The first-order valence-corrected chi connectivity index (χ1v) is 18.5. The zero-order chi connectivity index (χ0) is 35.3. The second kappa shape index (κ2) is 11.2. The topological polar surface area (TPSA) is 26.3 Å². The van der Waals surface area contributed by atoms with Gasteiger partial charge >= 0.3 is 0 Å². The molecule has 0 N–H and O–H groups in total. The van der Waals surface area contributed by atoms with Crippen LogP contribution in [0.2, 0.25) is 0 Å². The molecule has 10 aromatic carbocycles. The molecule has 0 saturated carbocycles. The molecular formula is C52H30O2. The Balaban J connectivity index is 1.21. The maximum absolute atomic E-state index is 6.98. The van der Waals surface area contributed by atoms with E-state index in [1.54, 1.807) is 0 Å². The summed E-state index contributed by atoms with van der Waals surface area (Å²) < 4.78 is 13.3. The Morgan fingerprint density at radius 2 is 0.722 bits per heavy atom. The van der Waals surface area contributed by atoms with Crippen molar-refractivity contribution in [3.63, 3.8) is 0 Å².